The molecule has 2 aliphatic rings. The maximum Gasteiger partial charge on any atom is 0.326 e. The van der Waals surface area contributed by atoms with Gasteiger partial charge < -0.3 is 9.47 Å². The minimum atomic E-state index is -0.371. The Morgan fingerprint density at radius 2 is 2.09 bits per heavy atom. The topological polar surface area (TPSA) is 55.8 Å². The number of carbonyl (C=O) groups excluding carboxylic acids is 2. The Morgan fingerprint density at radius 1 is 1.32 bits per heavy atom. The number of amides is 1. The third kappa shape index (κ3) is 3.13. The van der Waals surface area contributed by atoms with Crippen molar-refractivity contribution in [3.05, 3.63) is 24.3 Å². The van der Waals surface area contributed by atoms with Crippen molar-refractivity contribution < 1.29 is 19.1 Å². The van der Waals surface area contributed by atoms with E-state index in [1.54, 1.807) is 7.11 Å². The number of benzene rings is 1. The van der Waals surface area contributed by atoms with Gasteiger partial charge in [0.25, 0.3) is 0 Å². The van der Waals surface area contributed by atoms with E-state index in [1.807, 2.05) is 24.3 Å². The minimum absolute atomic E-state index is 0.0242. The highest BCUT2D eigenvalue weighted by Crippen LogP contribution is 2.35. The lowest BCUT2D eigenvalue weighted by Gasteiger charge is -2.28. The van der Waals surface area contributed by atoms with E-state index < -0.39 is 0 Å². The van der Waals surface area contributed by atoms with Crippen LogP contribution in [0.1, 0.15) is 19.3 Å². The number of anilines is 1. The fourth-order valence-electron chi connectivity index (χ4n) is 2.96. The number of nitrogens with zero attached hydrogens (tertiary/aromatic N) is 1. The van der Waals surface area contributed by atoms with Crippen LogP contribution < -0.4 is 4.90 Å². The lowest BCUT2D eigenvalue weighted by molar-refractivity contribution is -0.153. The summed E-state index contributed by atoms with van der Waals surface area (Å²) >= 11 is 1.50. The molecule has 0 aromatic heterocycles. The average molecular weight is 321 g/mol. The van der Waals surface area contributed by atoms with E-state index in [9.17, 15) is 9.59 Å². The number of esters is 1. The Bertz CT molecular complexity index is 577. The maximum atomic E-state index is 12.2. The SMILES string of the molecule is CO[C@H]1CCC[C@H]1OC(=O)CN1C(=O)CSc2ccccc21. The number of ether oxygens (including phenoxy) is 2. The largest absolute Gasteiger partial charge is 0.458 e. The molecule has 0 spiro atoms. The summed E-state index contributed by atoms with van der Waals surface area (Å²) in [6.45, 7) is -0.0384. The number of rotatable bonds is 4. The maximum absolute atomic E-state index is 12.2. The number of methoxy groups -OCH3 is 1. The molecule has 0 bridgehead atoms. The molecule has 0 radical (unpaired) electrons. The zero-order chi connectivity index (χ0) is 15.5. The second-order valence-electron chi connectivity index (χ2n) is 5.47. The predicted octanol–water partition coefficient (Wildman–Crippen LogP) is 2.24. The summed E-state index contributed by atoms with van der Waals surface area (Å²) in [5.74, 6) is -0.0756. The van der Waals surface area contributed by atoms with Crippen molar-refractivity contribution in [2.75, 3.05) is 24.3 Å². The van der Waals surface area contributed by atoms with Crippen LogP contribution in [0.5, 0.6) is 0 Å². The highest BCUT2D eigenvalue weighted by Gasteiger charge is 2.32. The first kappa shape index (κ1) is 15.4. The van der Waals surface area contributed by atoms with E-state index in [1.165, 1.54) is 16.7 Å². The third-order valence-electron chi connectivity index (χ3n) is 4.07. The van der Waals surface area contributed by atoms with Crippen molar-refractivity contribution in [3.8, 4) is 0 Å². The molecule has 1 aliphatic heterocycles. The van der Waals surface area contributed by atoms with Gasteiger partial charge in [-0.3, -0.25) is 14.5 Å². The summed E-state index contributed by atoms with van der Waals surface area (Å²) in [4.78, 5) is 26.9. The zero-order valence-corrected chi connectivity index (χ0v) is 13.3. The molecule has 118 valence electrons. The molecule has 0 N–H and O–H groups in total. The van der Waals surface area contributed by atoms with Crippen LogP contribution in [-0.4, -0.2) is 43.5 Å². The fourth-order valence-corrected chi connectivity index (χ4v) is 3.89. The van der Waals surface area contributed by atoms with Gasteiger partial charge in [-0.15, -0.1) is 11.8 Å². The molecule has 1 saturated carbocycles. The van der Waals surface area contributed by atoms with E-state index >= 15 is 0 Å². The van der Waals surface area contributed by atoms with Crippen molar-refractivity contribution in [1.29, 1.82) is 0 Å². The van der Waals surface area contributed by atoms with Crippen LogP contribution in [0, 0.1) is 0 Å². The Morgan fingerprint density at radius 3 is 2.91 bits per heavy atom. The first-order chi connectivity index (χ1) is 10.7. The molecule has 6 heteroatoms. The molecule has 22 heavy (non-hydrogen) atoms. The van der Waals surface area contributed by atoms with Crippen LogP contribution in [0.3, 0.4) is 0 Å². The van der Waals surface area contributed by atoms with Crippen molar-refractivity contribution in [2.45, 2.75) is 36.4 Å². The van der Waals surface area contributed by atoms with Crippen molar-refractivity contribution >= 4 is 29.3 Å². The normalized spacial score (nSPS) is 24.2. The molecule has 0 saturated heterocycles. The number of hydrogen-bond acceptors (Lipinski definition) is 5. The highest BCUT2D eigenvalue weighted by molar-refractivity contribution is 8.00. The third-order valence-corrected chi connectivity index (χ3v) is 5.12. The van der Waals surface area contributed by atoms with Crippen molar-refractivity contribution in [2.24, 2.45) is 0 Å². The summed E-state index contributed by atoms with van der Waals surface area (Å²) in [5, 5.41) is 0. The van der Waals surface area contributed by atoms with Crippen LogP contribution in [0.15, 0.2) is 29.2 Å². The van der Waals surface area contributed by atoms with Gasteiger partial charge in [0.2, 0.25) is 5.91 Å². The summed E-state index contributed by atoms with van der Waals surface area (Å²) in [5.41, 5.74) is 0.787. The molecule has 1 fully saturated rings. The van der Waals surface area contributed by atoms with Crippen molar-refractivity contribution in [1.82, 2.24) is 0 Å². The number of fused-ring (bicyclic) bond motifs is 1. The minimum Gasteiger partial charge on any atom is -0.458 e. The van der Waals surface area contributed by atoms with E-state index in [-0.39, 0.29) is 30.6 Å². The summed E-state index contributed by atoms with van der Waals surface area (Å²) in [6, 6.07) is 7.62. The van der Waals surface area contributed by atoms with Gasteiger partial charge in [-0.1, -0.05) is 12.1 Å². The molecule has 1 amide bonds. The van der Waals surface area contributed by atoms with Crippen molar-refractivity contribution in [3.63, 3.8) is 0 Å². The average Bonchev–Trinajstić information content (AvgIpc) is 2.97. The zero-order valence-electron chi connectivity index (χ0n) is 12.5. The standard InChI is InChI=1S/C16H19NO4S/c1-20-12-6-4-7-13(12)21-16(19)9-17-11-5-2-3-8-14(11)22-10-15(17)18/h2-3,5,8,12-13H,4,6-7,9-10H2,1H3/t12-,13+/m0/s1. The van der Waals surface area contributed by atoms with Gasteiger partial charge in [0, 0.05) is 12.0 Å². The molecule has 3 rings (SSSR count). The second-order valence-corrected chi connectivity index (χ2v) is 6.49. The molecule has 2 atom stereocenters. The molecule has 0 unspecified atom stereocenters. The van der Waals surface area contributed by atoms with Crippen LogP contribution in [0.25, 0.3) is 0 Å². The van der Waals surface area contributed by atoms with Gasteiger partial charge in [-0.05, 0) is 31.4 Å². The molecule has 1 aromatic carbocycles. The van der Waals surface area contributed by atoms with Gasteiger partial charge in [-0.2, -0.15) is 0 Å². The summed E-state index contributed by atoms with van der Waals surface area (Å²) < 4.78 is 10.8. The number of thioether (sulfide) groups is 1. The Hall–Kier alpha value is -1.53. The van der Waals surface area contributed by atoms with E-state index in [0.29, 0.717) is 5.75 Å². The van der Waals surface area contributed by atoms with Crippen LogP contribution >= 0.6 is 11.8 Å². The molecule has 1 aliphatic carbocycles. The first-order valence-corrected chi connectivity index (χ1v) is 8.42. The predicted molar refractivity (Wildman–Crippen MR) is 84.0 cm³/mol. The molecule has 1 aromatic rings. The lowest BCUT2D eigenvalue weighted by Crippen LogP contribution is -2.41. The van der Waals surface area contributed by atoms with Gasteiger partial charge in [0.05, 0.1) is 17.5 Å². The quantitative estimate of drug-likeness (QED) is 0.796. The number of carbonyl (C=O) groups is 2. The fraction of sp³-hybridized carbons (Fsp3) is 0.500. The monoisotopic (exact) mass is 321 g/mol. The van der Waals surface area contributed by atoms with Gasteiger partial charge >= 0.3 is 5.97 Å². The number of para-hydroxylation sites is 1. The van der Waals surface area contributed by atoms with Gasteiger partial charge in [0.1, 0.15) is 12.6 Å². The van der Waals surface area contributed by atoms with Crippen LogP contribution in [-0.2, 0) is 19.1 Å². The highest BCUT2D eigenvalue weighted by atomic mass is 32.2. The van der Waals surface area contributed by atoms with E-state index in [2.05, 4.69) is 0 Å². The number of hydrogen-bond donors (Lipinski definition) is 0. The van der Waals surface area contributed by atoms with Gasteiger partial charge in [-0.25, -0.2) is 0 Å². The Labute approximate surface area is 134 Å². The van der Waals surface area contributed by atoms with Crippen LogP contribution in [0.2, 0.25) is 0 Å². The second kappa shape index (κ2) is 6.71. The van der Waals surface area contributed by atoms with Crippen LogP contribution in [0.4, 0.5) is 5.69 Å². The summed E-state index contributed by atoms with van der Waals surface area (Å²) in [7, 11) is 1.64. The van der Waals surface area contributed by atoms with E-state index in [4.69, 9.17) is 9.47 Å². The van der Waals surface area contributed by atoms with Gasteiger partial charge in [0.15, 0.2) is 0 Å². The smallest absolute Gasteiger partial charge is 0.326 e. The Balaban J connectivity index is 1.67. The molecule has 5 nitrogen and oxygen atoms in total. The lowest BCUT2D eigenvalue weighted by atomic mass is 10.2. The summed E-state index contributed by atoms with van der Waals surface area (Å²) in [6.07, 6.45) is 2.52. The molecule has 1 heterocycles. The first-order valence-electron chi connectivity index (χ1n) is 7.43. The van der Waals surface area contributed by atoms with E-state index in [0.717, 1.165) is 29.8 Å². The molecular formula is C16H19NO4S. The molecular weight excluding hydrogens is 302 g/mol. The Kier molecular flexibility index (Phi) is 4.69.